The number of benzene rings is 2. The van der Waals surface area contributed by atoms with Crippen molar-refractivity contribution in [3.05, 3.63) is 83.2 Å². The Balaban J connectivity index is 1.81. The minimum absolute atomic E-state index is 0.215. The van der Waals surface area contributed by atoms with E-state index >= 15 is 0 Å². The van der Waals surface area contributed by atoms with E-state index in [2.05, 4.69) is 11.0 Å². The van der Waals surface area contributed by atoms with Crippen molar-refractivity contribution in [3.63, 3.8) is 0 Å². The Morgan fingerprint density at radius 1 is 1.06 bits per heavy atom. The van der Waals surface area contributed by atoms with Crippen molar-refractivity contribution in [2.75, 3.05) is 13.1 Å². The van der Waals surface area contributed by atoms with Gasteiger partial charge in [0, 0.05) is 31.5 Å². The van der Waals surface area contributed by atoms with Crippen LogP contribution in [0.2, 0.25) is 0 Å². The highest BCUT2D eigenvalue weighted by molar-refractivity contribution is 6.01. The minimum atomic E-state index is -1.76. The predicted octanol–water partition coefficient (Wildman–Crippen LogP) is 4.17. The first-order chi connectivity index (χ1) is 15.0. The second-order valence-corrected chi connectivity index (χ2v) is 8.02. The lowest BCUT2D eigenvalue weighted by molar-refractivity contribution is 0.203. The van der Waals surface area contributed by atoms with Gasteiger partial charge in [0.1, 0.15) is 5.82 Å². The summed E-state index contributed by atoms with van der Waals surface area (Å²) in [6.45, 7) is 1.72. The third kappa shape index (κ3) is 3.40. The summed E-state index contributed by atoms with van der Waals surface area (Å²) in [5, 5.41) is 38.4. The van der Waals surface area contributed by atoms with Gasteiger partial charge in [-0.15, -0.1) is 0 Å². The third-order valence-electron chi connectivity index (χ3n) is 6.32. The Labute approximate surface area is 180 Å². The molecule has 1 fully saturated rings. The van der Waals surface area contributed by atoms with Crippen LogP contribution in [-0.2, 0) is 6.54 Å². The molecule has 0 bridgehead atoms. The number of nitriles is 3. The number of halogens is 1. The van der Waals surface area contributed by atoms with Crippen LogP contribution in [0.3, 0.4) is 0 Å². The quantitative estimate of drug-likeness (QED) is 0.769. The molecule has 0 spiro atoms. The summed E-state index contributed by atoms with van der Waals surface area (Å²) in [5.74, 6) is -2.26. The van der Waals surface area contributed by atoms with Crippen LogP contribution in [0.15, 0.2) is 66.2 Å². The maximum absolute atomic E-state index is 14.1. The molecule has 0 amide bonds. The molecular formula is C25H20FN5. The molecule has 1 aliphatic carbocycles. The molecule has 1 saturated carbocycles. The van der Waals surface area contributed by atoms with E-state index in [0.717, 1.165) is 5.56 Å². The zero-order chi connectivity index (χ0) is 22.0. The van der Waals surface area contributed by atoms with Crippen LogP contribution >= 0.6 is 0 Å². The van der Waals surface area contributed by atoms with Crippen molar-refractivity contribution in [3.8, 4) is 18.2 Å². The SMILES string of the molecule is N#C[C@@H]1C(=N)C(C#N)(C#N)C2=CCN(Cc3ccccc3)C[C@@H]2[C@@H]1c1cccc(F)c1. The van der Waals surface area contributed by atoms with Gasteiger partial charge in [0.2, 0.25) is 5.41 Å². The maximum atomic E-state index is 14.1. The van der Waals surface area contributed by atoms with Gasteiger partial charge >= 0.3 is 0 Å². The van der Waals surface area contributed by atoms with E-state index in [1.54, 1.807) is 12.1 Å². The molecule has 0 aromatic heterocycles. The van der Waals surface area contributed by atoms with Crippen molar-refractivity contribution in [2.24, 2.45) is 17.3 Å². The smallest absolute Gasteiger partial charge is 0.203 e. The fourth-order valence-electron chi connectivity index (χ4n) is 4.90. The first-order valence-electron chi connectivity index (χ1n) is 10.1. The van der Waals surface area contributed by atoms with Crippen LogP contribution in [0.5, 0.6) is 0 Å². The van der Waals surface area contributed by atoms with Gasteiger partial charge in [0.25, 0.3) is 0 Å². The van der Waals surface area contributed by atoms with Gasteiger partial charge in [-0.2, -0.15) is 15.8 Å². The number of rotatable bonds is 3. The Morgan fingerprint density at radius 2 is 1.81 bits per heavy atom. The first kappa shape index (κ1) is 20.5. The van der Waals surface area contributed by atoms with Crippen LogP contribution in [0.1, 0.15) is 17.0 Å². The largest absolute Gasteiger partial charge is 0.305 e. The highest BCUT2D eigenvalue weighted by Gasteiger charge is 2.56. The van der Waals surface area contributed by atoms with E-state index in [1.165, 1.54) is 12.1 Å². The summed E-state index contributed by atoms with van der Waals surface area (Å²) in [6, 6.07) is 22.3. The molecule has 5 nitrogen and oxygen atoms in total. The monoisotopic (exact) mass is 409 g/mol. The molecular weight excluding hydrogens is 389 g/mol. The van der Waals surface area contributed by atoms with E-state index in [1.807, 2.05) is 48.5 Å². The van der Waals surface area contributed by atoms with Gasteiger partial charge in [-0.3, -0.25) is 4.90 Å². The molecule has 1 heterocycles. The molecule has 0 unspecified atom stereocenters. The molecule has 4 rings (SSSR count). The lowest BCUT2D eigenvalue weighted by atomic mass is 9.55. The lowest BCUT2D eigenvalue weighted by Gasteiger charge is -2.47. The van der Waals surface area contributed by atoms with Crippen molar-refractivity contribution in [2.45, 2.75) is 12.5 Å². The van der Waals surface area contributed by atoms with Crippen LogP contribution in [0, 0.1) is 62.5 Å². The Bertz CT molecular complexity index is 1150. The van der Waals surface area contributed by atoms with Gasteiger partial charge in [-0.25, -0.2) is 4.39 Å². The highest BCUT2D eigenvalue weighted by Crippen LogP contribution is 2.52. The normalized spacial score (nSPS) is 24.8. The van der Waals surface area contributed by atoms with Gasteiger partial charge < -0.3 is 5.41 Å². The molecule has 0 radical (unpaired) electrons. The second-order valence-electron chi connectivity index (χ2n) is 8.02. The molecule has 31 heavy (non-hydrogen) atoms. The second kappa shape index (κ2) is 8.15. The van der Waals surface area contributed by atoms with Crippen molar-refractivity contribution >= 4 is 5.71 Å². The number of hydrogen-bond acceptors (Lipinski definition) is 5. The Kier molecular flexibility index (Phi) is 5.38. The van der Waals surface area contributed by atoms with Crippen molar-refractivity contribution in [1.82, 2.24) is 4.90 Å². The fourth-order valence-corrected chi connectivity index (χ4v) is 4.90. The number of nitrogens with one attached hydrogen (secondary N) is 1. The summed E-state index contributed by atoms with van der Waals surface area (Å²) >= 11 is 0. The summed E-state index contributed by atoms with van der Waals surface area (Å²) < 4.78 is 14.1. The van der Waals surface area contributed by atoms with E-state index in [-0.39, 0.29) is 11.6 Å². The van der Waals surface area contributed by atoms with E-state index in [9.17, 15) is 20.2 Å². The molecule has 1 aliphatic heterocycles. The van der Waals surface area contributed by atoms with Gasteiger partial charge in [0.15, 0.2) is 0 Å². The number of hydrogen-bond donors (Lipinski definition) is 1. The molecule has 2 aromatic rings. The number of fused-ring (bicyclic) bond motifs is 1. The highest BCUT2D eigenvalue weighted by atomic mass is 19.1. The standard InChI is InChI=1S/C25H20FN5/c26-19-8-4-7-18(11-19)23-20(12-27)24(30)25(15-28,16-29)22-9-10-31(14-21(22)23)13-17-5-2-1-3-6-17/h1-9,11,20-21,23,30H,10,13-14H2/t20-,21-,23+/m0/s1. The number of nitrogens with zero attached hydrogens (tertiary/aromatic N) is 4. The summed E-state index contributed by atoms with van der Waals surface area (Å²) in [6.07, 6.45) is 1.86. The first-order valence-corrected chi connectivity index (χ1v) is 10.1. The average molecular weight is 409 g/mol. The third-order valence-corrected chi connectivity index (χ3v) is 6.32. The topological polar surface area (TPSA) is 98.5 Å². The molecule has 0 saturated heterocycles. The summed E-state index contributed by atoms with van der Waals surface area (Å²) in [7, 11) is 0. The van der Waals surface area contributed by atoms with Crippen LogP contribution in [0.25, 0.3) is 0 Å². The minimum Gasteiger partial charge on any atom is -0.305 e. The zero-order valence-electron chi connectivity index (χ0n) is 16.8. The van der Waals surface area contributed by atoms with E-state index in [4.69, 9.17) is 5.41 Å². The van der Waals surface area contributed by atoms with Crippen LogP contribution < -0.4 is 0 Å². The average Bonchev–Trinajstić information content (AvgIpc) is 2.79. The zero-order valence-corrected chi connectivity index (χ0v) is 16.8. The molecule has 1 N–H and O–H groups in total. The van der Waals surface area contributed by atoms with E-state index < -0.39 is 23.1 Å². The predicted molar refractivity (Wildman–Crippen MR) is 113 cm³/mol. The summed E-state index contributed by atoms with van der Waals surface area (Å²) in [5.41, 5.74) is 0.334. The maximum Gasteiger partial charge on any atom is 0.203 e. The Hall–Kier alpha value is -3.79. The van der Waals surface area contributed by atoms with Gasteiger partial charge in [0.05, 0.1) is 29.8 Å². The van der Waals surface area contributed by atoms with Crippen LogP contribution in [-0.4, -0.2) is 23.7 Å². The molecule has 6 heteroatoms. The van der Waals surface area contributed by atoms with Gasteiger partial charge in [-0.05, 0) is 28.8 Å². The molecule has 3 atom stereocenters. The molecule has 2 aromatic carbocycles. The van der Waals surface area contributed by atoms with E-state index in [0.29, 0.717) is 30.8 Å². The molecule has 152 valence electrons. The van der Waals surface area contributed by atoms with Crippen LogP contribution in [0.4, 0.5) is 4.39 Å². The fraction of sp³-hybridized carbons (Fsp3) is 0.280. The van der Waals surface area contributed by atoms with Gasteiger partial charge in [-0.1, -0.05) is 48.5 Å². The molecule has 2 aliphatic rings. The Morgan fingerprint density at radius 3 is 2.45 bits per heavy atom. The van der Waals surface area contributed by atoms with Crippen molar-refractivity contribution < 1.29 is 4.39 Å². The van der Waals surface area contributed by atoms with Crippen molar-refractivity contribution in [1.29, 1.82) is 21.2 Å². The summed E-state index contributed by atoms with van der Waals surface area (Å²) in [4.78, 5) is 2.19. The lowest BCUT2D eigenvalue weighted by Crippen LogP contribution is -2.52.